The minimum atomic E-state index is -0.761. The molecule has 8 heteroatoms. The second kappa shape index (κ2) is 10.0. The lowest BCUT2D eigenvalue weighted by molar-refractivity contribution is -0.135. The zero-order chi connectivity index (χ0) is 21.6. The maximum absolute atomic E-state index is 13.3. The van der Waals surface area contributed by atoms with Gasteiger partial charge < -0.3 is 15.0 Å². The normalized spacial score (nSPS) is 16.2. The van der Waals surface area contributed by atoms with Crippen molar-refractivity contribution in [2.45, 2.75) is 38.8 Å². The molecule has 1 saturated heterocycles. The Morgan fingerprint density at radius 3 is 2.47 bits per heavy atom. The van der Waals surface area contributed by atoms with Gasteiger partial charge in [-0.2, -0.15) is 0 Å². The van der Waals surface area contributed by atoms with Gasteiger partial charge in [0, 0.05) is 50.7 Å². The van der Waals surface area contributed by atoms with Gasteiger partial charge in [-0.1, -0.05) is 30.3 Å². The van der Waals surface area contributed by atoms with Gasteiger partial charge in [-0.05, 0) is 26.3 Å². The van der Waals surface area contributed by atoms with Crippen molar-refractivity contribution >= 4 is 23.3 Å². The average molecular weight is 431 g/mol. The molecule has 0 spiro atoms. The van der Waals surface area contributed by atoms with Crippen LogP contribution in [0.1, 0.15) is 37.4 Å². The van der Waals surface area contributed by atoms with E-state index >= 15 is 0 Å². The van der Waals surface area contributed by atoms with Crippen LogP contribution in [0, 0.1) is 0 Å². The van der Waals surface area contributed by atoms with Gasteiger partial charge >= 0.3 is 6.09 Å². The van der Waals surface area contributed by atoms with Crippen molar-refractivity contribution in [2.24, 2.45) is 0 Å². The van der Waals surface area contributed by atoms with E-state index in [1.54, 1.807) is 32.1 Å². The monoisotopic (exact) mass is 430 g/mol. The van der Waals surface area contributed by atoms with Gasteiger partial charge in [-0.25, -0.2) is 9.78 Å². The number of carbonyl (C=O) groups is 2. The molecular weight excluding hydrogens is 400 g/mol. The van der Waals surface area contributed by atoms with E-state index < -0.39 is 17.7 Å². The fourth-order valence-corrected chi connectivity index (χ4v) is 3.97. The highest BCUT2D eigenvalue weighted by Gasteiger charge is 2.31. The quantitative estimate of drug-likeness (QED) is 0.762. The molecule has 30 heavy (non-hydrogen) atoms. The van der Waals surface area contributed by atoms with Crippen molar-refractivity contribution in [3.8, 4) is 0 Å². The number of nitrogens with zero attached hydrogens (tertiary/aromatic N) is 3. The van der Waals surface area contributed by atoms with E-state index in [2.05, 4.69) is 15.2 Å². The van der Waals surface area contributed by atoms with Crippen molar-refractivity contribution in [1.82, 2.24) is 20.1 Å². The van der Waals surface area contributed by atoms with Crippen molar-refractivity contribution in [3.63, 3.8) is 0 Å². The van der Waals surface area contributed by atoms with Crippen LogP contribution in [0.3, 0.4) is 0 Å². The summed E-state index contributed by atoms with van der Waals surface area (Å²) >= 11 is 1.67. The summed E-state index contributed by atoms with van der Waals surface area (Å²) < 4.78 is 5.38. The van der Waals surface area contributed by atoms with E-state index in [4.69, 9.17) is 4.74 Å². The molecule has 1 atom stereocenters. The lowest BCUT2D eigenvalue weighted by atomic mass is 10.1. The molecule has 0 unspecified atom stereocenters. The first-order valence-electron chi connectivity index (χ1n) is 10.3. The summed E-state index contributed by atoms with van der Waals surface area (Å²) in [5.74, 6) is -0.105. The van der Waals surface area contributed by atoms with E-state index in [-0.39, 0.29) is 5.91 Å². The number of nitrogens with one attached hydrogen (secondary N) is 1. The summed E-state index contributed by atoms with van der Waals surface area (Å²) in [5, 5.41) is 5.90. The molecule has 0 saturated carbocycles. The summed E-state index contributed by atoms with van der Waals surface area (Å²) in [6.45, 7) is 9.24. The van der Waals surface area contributed by atoms with E-state index in [1.165, 1.54) is 0 Å². The van der Waals surface area contributed by atoms with E-state index in [0.717, 1.165) is 36.6 Å². The standard InChI is InChI=1S/C22H30N4O3S/c1-22(2,3)29-21(28)24-19(17-7-5-4-6-8-17)20(27)26-14-12-25(13-15-26)11-9-18-23-10-16-30-18/h4-8,10,16,19H,9,11-15H2,1-3H3,(H,24,28)/t19-/m1/s1. The zero-order valence-electron chi connectivity index (χ0n) is 17.8. The van der Waals surface area contributed by atoms with Crippen LogP contribution >= 0.6 is 11.3 Å². The van der Waals surface area contributed by atoms with Gasteiger partial charge in [0.1, 0.15) is 11.6 Å². The van der Waals surface area contributed by atoms with Crippen molar-refractivity contribution in [2.75, 3.05) is 32.7 Å². The lowest BCUT2D eigenvalue weighted by Gasteiger charge is -2.36. The molecule has 3 rings (SSSR count). The fourth-order valence-electron chi connectivity index (χ4n) is 3.36. The Hall–Kier alpha value is -2.45. The number of hydrogen-bond acceptors (Lipinski definition) is 6. The molecule has 162 valence electrons. The Labute approximate surface area is 182 Å². The van der Waals surface area contributed by atoms with Gasteiger partial charge in [0.25, 0.3) is 0 Å². The largest absolute Gasteiger partial charge is 0.444 e. The highest BCUT2D eigenvalue weighted by Crippen LogP contribution is 2.19. The average Bonchev–Trinajstić information content (AvgIpc) is 3.23. The first kappa shape index (κ1) is 22.2. The van der Waals surface area contributed by atoms with E-state index in [0.29, 0.717) is 13.1 Å². The topological polar surface area (TPSA) is 74.8 Å². The second-order valence-electron chi connectivity index (χ2n) is 8.33. The van der Waals surface area contributed by atoms with Crippen LogP contribution < -0.4 is 5.32 Å². The Kier molecular flexibility index (Phi) is 7.44. The van der Waals surface area contributed by atoms with Crippen LogP contribution in [-0.2, 0) is 16.0 Å². The summed E-state index contributed by atoms with van der Waals surface area (Å²) in [7, 11) is 0. The Morgan fingerprint density at radius 1 is 1.17 bits per heavy atom. The summed E-state index contributed by atoms with van der Waals surface area (Å²) in [6, 6.07) is 8.56. The highest BCUT2D eigenvalue weighted by atomic mass is 32.1. The number of thiazole rings is 1. The molecule has 7 nitrogen and oxygen atoms in total. The van der Waals surface area contributed by atoms with Crippen molar-refractivity contribution in [1.29, 1.82) is 0 Å². The third-order valence-electron chi connectivity index (χ3n) is 4.85. The molecular formula is C22H30N4O3S. The SMILES string of the molecule is CC(C)(C)OC(=O)N[C@@H](C(=O)N1CCN(CCc2nccs2)CC1)c1ccccc1. The Bertz CT molecular complexity index is 813. The molecule has 1 aromatic carbocycles. The van der Waals surface area contributed by atoms with Crippen LogP contribution in [0.4, 0.5) is 4.79 Å². The number of amides is 2. The maximum atomic E-state index is 13.3. The molecule has 1 N–H and O–H groups in total. The number of benzene rings is 1. The number of ether oxygens (including phenoxy) is 1. The Morgan fingerprint density at radius 2 is 1.87 bits per heavy atom. The number of hydrogen-bond donors (Lipinski definition) is 1. The molecule has 1 fully saturated rings. The van der Waals surface area contributed by atoms with Gasteiger partial charge in [0.15, 0.2) is 0 Å². The third kappa shape index (κ3) is 6.53. The van der Waals surface area contributed by atoms with Crippen LogP contribution in [0.5, 0.6) is 0 Å². The third-order valence-corrected chi connectivity index (χ3v) is 5.69. The van der Waals surface area contributed by atoms with Crippen LogP contribution in [0.25, 0.3) is 0 Å². The number of carbonyl (C=O) groups excluding carboxylic acids is 2. The van der Waals surface area contributed by atoms with Gasteiger partial charge in [-0.15, -0.1) is 11.3 Å². The van der Waals surface area contributed by atoms with Crippen LogP contribution in [0.2, 0.25) is 0 Å². The molecule has 0 aliphatic carbocycles. The second-order valence-corrected chi connectivity index (χ2v) is 9.31. The number of piperazine rings is 1. The molecule has 2 aromatic rings. The minimum absolute atomic E-state index is 0.105. The van der Waals surface area contributed by atoms with E-state index in [9.17, 15) is 9.59 Å². The molecule has 0 bridgehead atoms. The van der Waals surface area contributed by atoms with Gasteiger partial charge in [0.2, 0.25) is 5.91 Å². The first-order valence-corrected chi connectivity index (χ1v) is 11.1. The fraction of sp³-hybridized carbons (Fsp3) is 0.500. The van der Waals surface area contributed by atoms with E-state index in [1.807, 2.05) is 46.8 Å². The predicted molar refractivity (Wildman–Crippen MR) is 117 cm³/mol. The van der Waals surface area contributed by atoms with Gasteiger partial charge in [0.05, 0.1) is 5.01 Å². The maximum Gasteiger partial charge on any atom is 0.408 e. The minimum Gasteiger partial charge on any atom is -0.444 e. The molecule has 1 aliphatic rings. The number of alkyl carbamates (subject to hydrolysis) is 1. The van der Waals surface area contributed by atoms with Gasteiger partial charge in [-0.3, -0.25) is 9.69 Å². The number of rotatable bonds is 6. The molecule has 2 amide bonds. The first-order chi connectivity index (χ1) is 14.3. The van der Waals surface area contributed by atoms with Crippen molar-refractivity contribution < 1.29 is 14.3 Å². The zero-order valence-corrected chi connectivity index (χ0v) is 18.7. The molecule has 2 heterocycles. The number of aromatic nitrogens is 1. The summed E-state index contributed by atoms with van der Waals surface area (Å²) in [6.07, 6.45) is 2.17. The molecule has 1 aliphatic heterocycles. The smallest absolute Gasteiger partial charge is 0.408 e. The predicted octanol–water partition coefficient (Wildman–Crippen LogP) is 3.10. The highest BCUT2D eigenvalue weighted by molar-refractivity contribution is 7.09. The Balaban J connectivity index is 1.60. The molecule has 1 aromatic heterocycles. The van der Waals surface area contributed by atoms with Crippen molar-refractivity contribution in [3.05, 3.63) is 52.5 Å². The summed E-state index contributed by atoms with van der Waals surface area (Å²) in [4.78, 5) is 34.2. The lowest BCUT2D eigenvalue weighted by Crippen LogP contribution is -2.52. The molecule has 0 radical (unpaired) electrons. The summed E-state index contributed by atoms with van der Waals surface area (Å²) in [5.41, 5.74) is 0.122. The van der Waals surface area contributed by atoms with Crippen LogP contribution in [-0.4, -0.2) is 65.1 Å². The van der Waals surface area contributed by atoms with Crippen LogP contribution in [0.15, 0.2) is 41.9 Å².